The highest BCUT2D eigenvalue weighted by molar-refractivity contribution is 5.95. The standard InChI is InChI=1S/C23H25FN4O.C2HF3O2/c1-16(2)28-15-25-20-11-12-27(14-17-7-4-3-5-8-17)22(21(20)28)23(29)26-19-10-6-9-18(24)13-19;3-2(4,5)1(6)7/h3-10,13,15-16,22H,11-12,14H2,1-2H3,(H,26,29);(H,6,7). The molecule has 2 heterocycles. The van der Waals surface area contributed by atoms with Crippen molar-refractivity contribution in [3.8, 4) is 0 Å². The van der Waals surface area contributed by atoms with Gasteiger partial charge in [-0.25, -0.2) is 14.2 Å². The summed E-state index contributed by atoms with van der Waals surface area (Å²) in [4.78, 5) is 29.0. The van der Waals surface area contributed by atoms with E-state index in [1.807, 2.05) is 24.5 Å². The fraction of sp³-hybridized carbons (Fsp3) is 0.320. The second-order valence-electron chi connectivity index (χ2n) is 8.49. The number of nitrogens with one attached hydrogen (secondary N) is 1. The smallest absolute Gasteiger partial charge is 0.475 e. The van der Waals surface area contributed by atoms with Crippen molar-refractivity contribution in [1.82, 2.24) is 14.5 Å². The maximum Gasteiger partial charge on any atom is 0.490 e. The molecule has 0 fully saturated rings. The number of hydrogen-bond acceptors (Lipinski definition) is 4. The van der Waals surface area contributed by atoms with Gasteiger partial charge in [0.15, 0.2) is 0 Å². The van der Waals surface area contributed by atoms with Gasteiger partial charge < -0.3 is 15.0 Å². The SMILES string of the molecule is CC(C)n1cnc2c1C(C(=O)Nc1cccc(F)c1)N(Cc1ccccc1)CC2.O=C(O)C(F)(F)F. The van der Waals surface area contributed by atoms with Gasteiger partial charge in [-0.05, 0) is 37.6 Å². The molecular weight excluding hydrogens is 480 g/mol. The zero-order valence-electron chi connectivity index (χ0n) is 19.7. The van der Waals surface area contributed by atoms with Gasteiger partial charge in [-0.2, -0.15) is 13.2 Å². The van der Waals surface area contributed by atoms with Gasteiger partial charge in [0, 0.05) is 31.2 Å². The summed E-state index contributed by atoms with van der Waals surface area (Å²) in [5, 5.41) is 10.0. The van der Waals surface area contributed by atoms with E-state index in [4.69, 9.17) is 9.90 Å². The molecule has 0 saturated heterocycles. The molecule has 1 atom stereocenters. The minimum absolute atomic E-state index is 0.171. The number of benzene rings is 2. The number of alkyl halides is 3. The highest BCUT2D eigenvalue weighted by Crippen LogP contribution is 2.33. The van der Waals surface area contributed by atoms with E-state index in [1.165, 1.54) is 12.1 Å². The average Bonchev–Trinajstić information content (AvgIpc) is 3.24. The van der Waals surface area contributed by atoms with Crippen LogP contribution in [0.2, 0.25) is 0 Å². The van der Waals surface area contributed by atoms with Crippen LogP contribution >= 0.6 is 0 Å². The van der Waals surface area contributed by atoms with Crippen LogP contribution in [0.1, 0.15) is 42.9 Å². The third-order valence-electron chi connectivity index (χ3n) is 5.54. The average molecular weight is 507 g/mol. The minimum atomic E-state index is -5.08. The summed E-state index contributed by atoms with van der Waals surface area (Å²) in [5.74, 6) is -3.30. The zero-order valence-corrected chi connectivity index (χ0v) is 19.7. The number of carbonyl (C=O) groups is 2. The van der Waals surface area contributed by atoms with E-state index in [1.54, 1.807) is 12.1 Å². The summed E-state index contributed by atoms with van der Waals surface area (Å²) in [6.45, 7) is 5.56. The number of imidazole rings is 1. The first kappa shape index (κ1) is 26.9. The van der Waals surface area contributed by atoms with Crippen molar-refractivity contribution >= 4 is 17.6 Å². The van der Waals surface area contributed by atoms with Crippen LogP contribution < -0.4 is 5.32 Å². The van der Waals surface area contributed by atoms with Gasteiger partial charge in [-0.3, -0.25) is 9.69 Å². The third kappa shape index (κ3) is 6.69. The molecule has 36 heavy (non-hydrogen) atoms. The predicted octanol–water partition coefficient (Wildman–Crippen LogP) is 4.97. The Morgan fingerprint density at radius 1 is 1.14 bits per heavy atom. The Morgan fingerprint density at radius 3 is 2.39 bits per heavy atom. The normalized spacial score (nSPS) is 15.6. The van der Waals surface area contributed by atoms with Crippen LogP contribution in [-0.4, -0.2) is 44.2 Å². The van der Waals surface area contributed by atoms with Gasteiger partial charge in [0.05, 0.1) is 17.7 Å². The lowest BCUT2D eigenvalue weighted by Gasteiger charge is -2.36. The molecule has 3 aromatic rings. The van der Waals surface area contributed by atoms with Crippen molar-refractivity contribution in [2.75, 3.05) is 11.9 Å². The number of aromatic nitrogens is 2. The predicted molar refractivity (Wildman–Crippen MR) is 125 cm³/mol. The summed E-state index contributed by atoms with van der Waals surface area (Å²) in [5.41, 5.74) is 3.49. The van der Waals surface area contributed by atoms with Crippen molar-refractivity contribution in [3.05, 3.63) is 83.7 Å². The van der Waals surface area contributed by atoms with Gasteiger partial charge in [-0.1, -0.05) is 36.4 Å². The maximum absolute atomic E-state index is 13.6. The summed E-state index contributed by atoms with van der Waals surface area (Å²) < 4.78 is 47.4. The second kappa shape index (κ2) is 11.3. The Labute approximate surface area is 205 Å². The number of aliphatic carboxylic acids is 1. The van der Waals surface area contributed by atoms with E-state index in [-0.39, 0.29) is 17.8 Å². The molecule has 4 rings (SSSR count). The molecule has 0 spiro atoms. The van der Waals surface area contributed by atoms with Crippen molar-refractivity contribution in [2.24, 2.45) is 0 Å². The number of amides is 1. The first-order valence-corrected chi connectivity index (χ1v) is 11.2. The maximum atomic E-state index is 13.6. The highest BCUT2D eigenvalue weighted by Gasteiger charge is 2.38. The van der Waals surface area contributed by atoms with Crippen LogP contribution in [0, 0.1) is 5.82 Å². The molecule has 2 N–H and O–H groups in total. The molecule has 1 amide bonds. The fourth-order valence-corrected chi connectivity index (χ4v) is 3.92. The number of hydrogen-bond donors (Lipinski definition) is 2. The monoisotopic (exact) mass is 506 g/mol. The molecule has 1 unspecified atom stereocenters. The van der Waals surface area contributed by atoms with Crippen molar-refractivity contribution < 1.29 is 32.3 Å². The summed E-state index contributed by atoms with van der Waals surface area (Å²) >= 11 is 0. The van der Waals surface area contributed by atoms with Crippen molar-refractivity contribution in [2.45, 2.75) is 45.1 Å². The molecule has 0 bridgehead atoms. The molecule has 7 nitrogen and oxygen atoms in total. The van der Waals surface area contributed by atoms with Gasteiger partial charge in [0.1, 0.15) is 11.9 Å². The molecule has 1 aliphatic heterocycles. The minimum Gasteiger partial charge on any atom is -0.475 e. The second-order valence-corrected chi connectivity index (χ2v) is 8.49. The number of carboxylic acid groups (broad SMARTS) is 1. The zero-order chi connectivity index (χ0) is 26.5. The van der Waals surface area contributed by atoms with Crippen LogP contribution in [0.4, 0.5) is 23.2 Å². The van der Waals surface area contributed by atoms with E-state index in [2.05, 4.69) is 45.7 Å². The van der Waals surface area contributed by atoms with E-state index >= 15 is 0 Å². The topological polar surface area (TPSA) is 87.5 Å². The molecule has 2 aromatic carbocycles. The Kier molecular flexibility index (Phi) is 8.46. The summed E-state index contributed by atoms with van der Waals surface area (Å²) in [6.07, 6.45) is -2.46. The fourth-order valence-electron chi connectivity index (χ4n) is 3.92. The number of carbonyl (C=O) groups excluding carboxylic acids is 1. The van der Waals surface area contributed by atoms with Crippen LogP contribution in [0.15, 0.2) is 60.9 Å². The number of nitrogens with zero attached hydrogens (tertiary/aromatic N) is 3. The molecule has 192 valence electrons. The number of halogens is 4. The Balaban J connectivity index is 0.000000454. The lowest BCUT2D eigenvalue weighted by atomic mass is 9.99. The molecule has 0 radical (unpaired) electrons. The van der Waals surface area contributed by atoms with Crippen LogP contribution in [-0.2, 0) is 22.6 Å². The number of carboxylic acids is 1. The Hall–Kier alpha value is -3.73. The molecule has 0 aliphatic carbocycles. The molecule has 1 aromatic heterocycles. The van der Waals surface area contributed by atoms with Gasteiger partial charge in [-0.15, -0.1) is 0 Å². The van der Waals surface area contributed by atoms with E-state index in [0.717, 1.165) is 29.9 Å². The number of fused-ring (bicyclic) bond motifs is 1. The first-order chi connectivity index (χ1) is 17.0. The van der Waals surface area contributed by atoms with E-state index in [9.17, 15) is 22.4 Å². The van der Waals surface area contributed by atoms with E-state index in [0.29, 0.717) is 12.2 Å². The Morgan fingerprint density at radius 2 is 1.81 bits per heavy atom. The largest absolute Gasteiger partial charge is 0.490 e. The first-order valence-electron chi connectivity index (χ1n) is 11.2. The molecule has 0 saturated carbocycles. The summed E-state index contributed by atoms with van der Waals surface area (Å²) in [6, 6.07) is 15.8. The summed E-state index contributed by atoms with van der Waals surface area (Å²) in [7, 11) is 0. The molecular formula is C25H26F4N4O3. The van der Waals surface area contributed by atoms with Crippen LogP contribution in [0.3, 0.4) is 0 Å². The van der Waals surface area contributed by atoms with Crippen LogP contribution in [0.25, 0.3) is 0 Å². The van der Waals surface area contributed by atoms with Crippen molar-refractivity contribution in [1.29, 1.82) is 0 Å². The van der Waals surface area contributed by atoms with Crippen LogP contribution in [0.5, 0.6) is 0 Å². The highest BCUT2D eigenvalue weighted by atomic mass is 19.4. The Bertz CT molecular complexity index is 1200. The van der Waals surface area contributed by atoms with E-state index < -0.39 is 18.2 Å². The third-order valence-corrected chi connectivity index (χ3v) is 5.54. The van der Waals surface area contributed by atoms with Gasteiger partial charge in [0.25, 0.3) is 0 Å². The lowest BCUT2D eigenvalue weighted by molar-refractivity contribution is -0.192. The number of rotatable bonds is 5. The lowest BCUT2D eigenvalue weighted by Crippen LogP contribution is -2.42. The molecule has 1 aliphatic rings. The van der Waals surface area contributed by atoms with Crippen molar-refractivity contribution in [3.63, 3.8) is 0 Å². The number of anilines is 1. The quantitative estimate of drug-likeness (QED) is 0.477. The van der Waals surface area contributed by atoms with Gasteiger partial charge in [0.2, 0.25) is 5.91 Å². The molecule has 11 heteroatoms. The van der Waals surface area contributed by atoms with Gasteiger partial charge >= 0.3 is 12.1 Å².